The third-order valence-corrected chi connectivity index (χ3v) is 9.08. The molecule has 0 amide bonds. The molecule has 2 atom stereocenters. The van der Waals surface area contributed by atoms with Crippen LogP contribution in [0.15, 0.2) is 18.7 Å². The van der Waals surface area contributed by atoms with Crippen molar-refractivity contribution in [1.82, 2.24) is 9.55 Å². The first-order valence-corrected chi connectivity index (χ1v) is 9.69. The number of hydrogen-bond acceptors (Lipinski definition) is 6. The average Bonchev–Trinajstić information content (AvgIpc) is 2.54. The Kier molecular flexibility index (Phi) is 4.42. The summed E-state index contributed by atoms with van der Waals surface area (Å²) in [6.45, 7) is -0.326. The van der Waals surface area contributed by atoms with Gasteiger partial charge in [-0.2, -0.15) is 0 Å². The van der Waals surface area contributed by atoms with E-state index < -0.39 is 18.8 Å². The van der Waals surface area contributed by atoms with E-state index in [-0.39, 0.29) is 6.54 Å². The molecule has 0 aliphatic rings. The summed E-state index contributed by atoms with van der Waals surface area (Å²) in [6.07, 6.45) is 4.24. The number of rotatable bonds is 4. The zero-order chi connectivity index (χ0) is 11.7. The molecule has 0 saturated heterocycles. The molecule has 0 aromatic carbocycles. The molecule has 0 saturated carbocycles. The van der Waals surface area contributed by atoms with Crippen LogP contribution in [0.4, 0.5) is 0 Å². The summed E-state index contributed by atoms with van der Waals surface area (Å²) in [7, 11) is -4.85. The molecule has 0 aliphatic heterocycles. The fraction of sp³-hybridized carbons (Fsp3) is 0.400. The van der Waals surface area contributed by atoms with Crippen molar-refractivity contribution in [2.45, 2.75) is 11.6 Å². The van der Waals surface area contributed by atoms with Crippen molar-refractivity contribution >= 4 is 35.8 Å². The molecule has 0 fully saturated rings. The van der Waals surface area contributed by atoms with Gasteiger partial charge in [-0.15, -0.1) is 0 Å². The molecule has 1 unspecified atom stereocenters. The normalized spacial score (nSPS) is 19.6. The minimum atomic E-state index is -4.85. The average molecular weight is 368 g/mol. The van der Waals surface area contributed by atoms with Crippen molar-refractivity contribution in [3.63, 3.8) is 0 Å². The predicted octanol–water partition coefficient (Wildman–Crippen LogP) is -0.260. The Labute approximate surface area is 100 Å². The molecule has 15 heavy (non-hydrogen) atoms. The van der Waals surface area contributed by atoms with Crippen LogP contribution in [0.3, 0.4) is 0 Å². The van der Waals surface area contributed by atoms with Gasteiger partial charge in [-0.1, -0.05) is 0 Å². The standard InChI is InChI=1S/C5H11IN2O5P2/c6-14(10)5(9,15(11,12)13)3-8-2-1-7-4-8/h1-2,4,9-13,15H,3H2/t5?,14-/m0/s1. The number of imidazole rings is 1. The van der Waals surface area contributed by atoms with Gasteiger partial charge in [0.15, 0.2) is 0 Å². The summed E-state index contributed by atoms with van der Waals surface area (Å²) >= 11 is 1.46. The number of nitrogens with zero attached hydrogens (tertiary/aromatic N) is 2. The van der Waals surface area contributed by atoms with Crippen molar-refractivity contribution in [2.24, 2.45) is 0 Å². The molecular weight excluding hydrogens is 357 g/mol. The van der Waals surface area contributed by atoms with Crippen LogP contribution in [-0.2, 0) is 6.54 Å². The van der Waals surface area contributed by atoms with E-state index >= 15 is 0 Å². The van der Waals surface area contributed by atoms with E-state index in [4.69, 9.17) is 14.7 Å². The van der Waals surface area contributed by atoms with Gasteiger partial charge in [0.05, 0.1) is 0 Å². The Morgan fingerprint density at radius 1 is 1.47 bits per heavy atom. The molecule has 7 nitrogen and oxygen atoms in total. The van der Waals surface area contributed by atoms with E-state index in [1.54, 1.807) is 0 Å². The molecule has 1 rings (SSSR count). The Balaban J connectivity index is 2.93. The van der Waals surface area contributed by atoms with Crippen molar-refractivity contribution in [3.05, 3.63) is 18.7 Å². The number of hydrogen-bond donors (Lipinski definition) is 5. The summed E-state index contributed by atoms with van der Waals surface area (Å²) in [5.41, 5.74) is 0. The van der Waals surface area contributed by atoms with Gasteiger partial charge in [-0.25, -0.2) is 0 Å². The van der Waals surface area contributed by atoms with E-state index in [0.717, 1.165) is 0 Å². The molecule has 10 heteroatoms. The Morgan fingerprint density at radius 3 is 2.40 bits per heavy atom. The Hall–Kier alpha value is 0.600. The maximum absolute atomic E-state index is 9.83. The van der Waals surface area contributed by atoms with E-state index in [1.165, 1.54) is 45.3 Å². The van der Waals surface area contributed by atoms with Gasteiger partial charge in [0.25, 0.3) is 0 Å². The topological polar surface area (TPSA) is 119 Å². The van der Waals surface area contributed by atoms with Crippen LogP contribution in [0.1, 0.15) is 0 Å². The second-order valence-electron chi connectivity index (χ2n) is 2.95. The number of aliphatic hydroxyl groups is 1. The van der Waals surface area contributed by atoms with Crippen molar-refractivity contribution in [2.75, 3.05) is 0 Å². The first kappa shape index (κ1) is 13.7. The summed E-state index contributed by atoms with van der Waals surface area (Å²) < 4.78 is 1.34. The molecule has 88 valence electrons. The monoisotopic (exact) mass is 368 g/mol. The van der Waals surface area contributed by atoms with E-state index in [0.29, 0.717) is 0 Å². The van der Waals surface area contributed by atoms with Crippen LogP contribution in [0.2, 0.25) is 0 Å². The molecule has 0 spiro atoms. The molecule has 5 N–H and O–H groups in total. The van der Waals surface area contributed by atoms with Crippen LogP contribution in [0.5, 0.6) is 0 Å². The van der Waals surface area contributed by atoms with Crippen LogP contribution >= 0.6 is 35.8 Å². The van der Waals surface area contributed by atoms with Crippen molar-refractivity contribution < 1.29 is 24.7 Å². The summed E-state index contributed by atoms with van der Waals surface area (Å²) in [4.78, 5) is 40.4. The third kappa shape index (κ3) is 3.04. The Morgan fingerprint density at radius 2 is 2.07 bits per heavy atom. The quantitative estimate of drug-likeness (QED) is 0.369. The molecular formula is C5H11IN2O5P2. The van der Waals surface area contributed by atoms with Crippen LogP contribution < -0.4 is 0 Å². The van der Waals surface area contributed by atoms with Gasteiger partial charge in [0.2, 0.25) is 0 Å². The van der Waals surface area contributed by atoms with Crippen LogP contribution in [-0.4, -0.2) is 39.3 Å². The fourth-order valence-electron chi connectivity index (χ4n) is 0.923. The molecule has 0 aliphatic carbocycles. The van der Waals surface area contributed by atoms with Gasteiger partial charge in [-0.3, -0.25) is 0 Å². The fourth-order valence-corrected chi connectivity index (χ4v) is 5.96. The molecule has 1 aromatic rings. The molecule has 1 heterocycles. The first-order valence-electron chi connectivity index (χ1n) is 3.77. The van der Waals surface area contributed by atoms with Gasteiger partial charge < -0.3 is 0 Å². The minimum absolute atomic E-state index is 0.326. The SMILES string of the molecule is O[P@](I)C(O)(Cn1ccnc1)[PH](O)(O)O. The number of aromatic nitrogens is 2. The van der Waals surface area contributed by atoms with Crippen molar-refractivity contribution in [3.8, 4) is 0 Å². The predicted molar refractivity (Wildman–Crippen MR) is 65.3 cm³/mol. The third-order valence-electron chi connectivity index (χ3n) is 1.80. The zero-order valence-corrected chi connectivity index (χ0v) is 11.4. The van der Waals surface area contributed by atoms with Crippen LogP contribution in [0.25, 0.3) is 0 Å². The summed E-state index contributed by atoms with van der Waals surface area (Å²) in [6, 6.07) is 0. The first-order chi connectivity index (χ1) is 6.77. The summed E-state index contributed by atoms with van der Waals surface area (Å²) in [5.74, 6) is -2.15. The van der Waals surface area contributed by atoms with Gasteiger partial charge >= 0.3 is 100 Å². The maximum atomic E-state index is 9.83. The zero-order valence-electron chi connectivity index (χ0n) is 7.39. The molecule has 0 radical (unpaired) electrons. The second-order valence-corrected chi connectivity index (χ2v) is 9.47. The van der Waals surface area contributed by atoms with Gasteiger partial charge in [0.1, 0.15) is 0 Å². The second kappa shape index (κ2) is 4.85. The van der Waals surface area contributed by atoms with Gasteiger partial charge in [-0.05, 0) is 0 Å². The van der Waals surface area contributed by atoms with Crippen LogP contribution in [0, 0.1) is 0 Å². The van der Waals surface area contributed by atoms with Crippen molar-refractivity contribution in [1.29, 1.82) is 0 Å². The van der Waals surface area contributed by atoms with E-state index in [2.05, 4.69) is 4.98 Å². The van der Waals surface area contributed by atoms with E-state index in [9.17, 15) is 10.00 Å². The Bertz CT molecular complexity index is 316. The number of halogens is 1. The molecule has 0 bridgehead atoms. The van der Waals surface area contributed by atoms with E-state index in [1.807, 2.05) is 0 Å². The molecule has 1 aromatic heterocycles. The van der Waals surface area contributed by atoms with Gasteiger partial charge in [0, 0.05) is 0 Å². The summed E-state index contributed by atoms with van der Waals surface area (Å²) in [5, 5.41) is 7.53.